The lowest BCUT2D eigenvalue weighted by atomic mass is 10.2. The fourth-order valence-electron chi connectivity index (χ4n) is 2.36. The molecule has 0 spiro atoms. The van der Waals surface area contributed by atoms with Crippen molar-refractivity contribution in [1.29, 1.82) is 0 Å². The third-order valence-corrected chi connectivity index (χ3v) is 5.40. The minimum absolute atomic E-state index is 0.00617. The summed E-state index contributed by atoms with van der Waals surface area (Å²) in [5.41, 5.74) is 0.621. The standard InChI is InChI=1S/C18H15ClN2O5S/c1-2-7-20-27(23,24)13-5-3-12(4-6-13)18(22)21-15-11-17-16(10-14(15)19)25-8-9-26-17/h1,3-6,10-11,20H,7-9H2,(H,21,22). The minimum atomic E-state index is -3.72. The summed E-state index contributed by atoms with van der Waals surface area (Å²) in [6.45, 7) is 0.722. The van der Waals surface area contributed by atoms with Gasteiger partial charge in [-0.15, -0.1) is 6.42 Å². The molecule has 1 aliphatic rings. The van der Waals surface area contributed by atoms with E-state index in [1.807, 2.05) is 0 Å². The van der Waals surface area contributed by atoms with Gasteiger partial charge in [-0.05, 0) is 24.3 Å². The maximum atomic E-state index is 12.4. The second kappa shape index (κ2) is 7.88. The smallest absolute Gasteiger partial charge is 0.255 e. The molecule has 0 atom stereocenters. The summed E-state index contributed by atoms with van der Waals surface area (Å²) >= 11 is 6.17. The fraction of sp³-hybridized carbons (Fsp3) is 0.167. The largest absolute Gasteiger partial charge is 0.486 e. The molecule has 0 unspecified atom stereocenters. The van der Waals surface area contributed by atoms with Crippen molar-refractivity contribution in [2.24, 2.45) is 0 Å². The zero-order valence-electron chi connectivity index (χ0n) is 14.0. The van der Waals surface area contributed by atoms with Gasteiger partial charge >= 0.3 is 0 Å². The van der Waals surface area contributed by atoms with Crippen LogP contribution in [-0.4, -0.2) is 34.1 Å². The van der Waals surface area contributed by atoms with Gasteiger partial charge in [0.2, 0.25) is 10.0 Å². The molecule has 0 fully saturated rings. The Hall–Kier alpha value is -2.73. The monoisotopic (exact) mass is 406 g/mol. The maximum absolute atomic E-state index is 12.4. The van der Waals surface area contributed by atoms with Crippen LogP contribution in [0.1, 0.15) is 10.4 Å². The molecule has 3 rings (SSSR count). The van der Waals surface area contributed by atoms with Gasteiger partial charge in [-0.1, -0.05) is 17.5 Å². The molecule has 9 heteroatoms. The molecule has 0 bridgehead atoms. The molecule has 27 heavy (non-hydrogen) atoms. The molecule has 0 aliphatic carbocycles. The average Bonchev–Trinajstić information content (AvgIpc) is 2.67. The molecule has 2 aromatic carbocycles. The van der Waals surface area contributed by atoms with Crippen molar-refractivity contribution in [2.75, 3.05) is 25.1 Å². The molecule has 7 nitrogen and oxygen atoms in total. The number of anilines is 1. The molecule has 1 aliphatic heterocycles. The molecule has 140 valence electrons. The Kier molecular flexibility index (Phi) is 5.56. The Morgan fingerprint density at radius 1 is 1.15 bits per heavy atom. The van der Waals surface area contributed by atoms with Crippen LogP contribution in [0.15, 0.2) is 41.3 Å². The molecular formula is C18H15ClN2O5S. The molecule has 1 heterocycles. The number of rotatable bonds is 5. The first kappa shape index (κ1) is 19.0. The van der Waals surface area contributed by atoms with Crippen LogP contribution in [0.5, 0.6) is 11.5 Å². The summed E-state index contributed by atoms with van der Waals surface area (Å²) < 4.78 is 37.1. The van der Waals surface area contributed by atoms with Gasteiger partial charge in [0.05, 0.1) is 22.2 Å². The van der Waals surface area contributed by atoms with Crippen molar-refractivity contribution in [3.05, 3.63) is 47.0 Å². The van der Waals surface area contributed by atoms with E-state index in [4.69, 9.17) is 27.5 Å². The second-order valence-electron chi connectivity index (χ2n) is 5.48. The van der Waals surface area contributed by atoms with Gasteiger partial charge in [0.15, 0.2) is 11.5 Å². The van der Waals surface area contributed by atoms with E-state index >= 15 is 0 Å². The van der Waals surface area contributed by atoms with Crippen molar-refractivity contribution in [1.82, 2.24) is 4.72 Å². The number of benzene rings is 2. The number of carbonyl (C=O) groups excluding carboxylic acids is 1. The SMILES string of the molecule is C#CCNS(=O)(=O)c1ccc(C(=O)Nc2cc3c(cc2Cl)OCCO3)cc1. The molecule has 0 aromatic heterocycles. The van der Waals surface area contributed by atoms with E-state index in [0.717, 1.165) is 0 Å². The van der Waals surface area contributed by atoms with Gasteiger partial charge in [0.25, 0.3) is 5.91 Å². The highest BCUT2D eigenvalue weighted by Gasteiger charge is 2.18. The van der Waals surface area contributed by atoms with Crippen LogP contribution in [-0.2, 0) is 10.0 Å². The van der Waals surface area contributed by atoms with Gasteiger partial charge in [0, 0.05) is 17.7 Å². The lowest BCUT2D eigenvalue weighted by Crippen LogP contribution is -2.24. The molecule has 2 N–H and O–H groups in total. The van der Waals surface area contributed by atoms with Crippen LogP contribution in [0.25, 0.3) is 0 Å². The molecule has 1 amide bonds. The Bertz CT molecular complexity index is 1010. The normalized spacial score (nSPS) is 12.9. The maximum Gasteiger partial charge on any atom is 0.255 e. The molecular weight excluding hydrogens is 392 g/mol. The number of sulfonamides is 1. The predicted octanol–water partition coefficient (Wildman–Crippen LogP) is 2.28. The van der Waals surface area contributed by atoms with E-state index in [2.05, 4.69) is 16.0 Å². The summed E-state index contributed by atoms with van der Waals surface area (Å²) in [5.74, 6) is 2.74. The van der Waals surface area contributed by atoms with Crippen LogP contribution >= 0.6 is 11.6 Å². The summed E-state index contributed by atoms with van der Waals surface area (Å²) in [5, 5.41) is 2.97. The first-order valence-corrected chi connectivity index (χ1v) is 9.70. The molecule has 0 saturated carbocycles. The summed E-state index contributed by atoms with van der Waals surface area (Å²) in [4.78, 5) is 12.4. The molecule has 0 saturated heterocycles. The van der Waals surface area contributed by atoms with E-state index in [0.29, 0.717) is 35.4 Å². The van der Waals surface area contributed by atoms with Crippen LogP contribution in [0.2, 0.25) is 5.02 Å². The van der Waals surface area contributed by atoms with E-state index in [-0.39, 0.29) is 17.0 Å². The van der Waals surface area contributed by atoms with E-state index in [9.17, 15) is 13.2 Å². The quantitative estimate of drug-likeness (QED) is 0.743. The zero-order valence-corrected chi connectivity index (χ0v) is 15.6. The highest BCUT2D eigenvalue weighted by atomic mass is 35.5. The number of fused-ring (bicyclic) bond motifs is 1. The van der Waals surface area contributed by atoms with Gasteiger partial charge in [-0.3, -0.25) is 4.79 Å². The summed E-state index contributed by atoms with van der Waals surface area (Å²) in [7, 11) is -3.72. The highest BCUT2D eigenvalue weighted by molar-refractivity contribution is 7.89. The molecule has 0 radical (unpaired) electrons. The van der Waals surface area contributed by atoms with Gasteiger partial charge < -0.3 is 14.8 Å². The van der Waals surface area contributed by atoms with E-state index in [1.165, 1.54) is 24.3 Å². The summed E-state index contributed by atoms with van der Waals surface area (Å²) in [6.07, 6.45) is 5.05. The third kappa shape index (κ3) is 4.34. The minimum Gasteiger partial charge on any atom is -0.486 e. The average molecular weight is 407 g/mol. The first-order chi connectivity index (χ1) is 12.9. The van der Waals surface area contributed by atoms with Crippen molar-refractivity contribution < 1.29 is 22.7 Å². The number of hydrogen-bond acceptors (Lipinski definition) is 5. The van der Waals surface area contributed by atoms with Crippen molar-refractivity contribution in [3.8, 4) is 23.8 Å². The highest BCUT2D eigenvalue weighted by Crippen LogP contribution is 2.38. The Morgan fingerprint density at radius 2 is 1.78 bits per heavy atom. The lowest BCUT2D eigenvalue weighted by molar-refractivity contribution is 0.102. The number of halogens is 1. The number of hydrogen-bond donors (Lipinski definition) is 2. The first-order valence-electron chi connectivity index (χ1n) is 7.84. The number of ether oxygens (including phenoxy) is 2. The zero-order chi connectivity index (χ0) is 19.4. The Morgan fingerprint density at radius 3 is 2.41 bits per heavy atom. The van der Waals surface area contributed by atoms with Crippen LogP contribution < -0.4 is 19.5 Å². The molecule has 2 aromatic rings. The van der Waals surface area contributed by atoms with Gasteiger partial charge in [-0.25, -0.2) is 8.42 Å². The predicted molar refractivity (Wildman–Crippen MR) is 101 cm³/mol. The topological polar surface area (TPSA) is 93.7 Å². The van der Waals surface area contributed by atoms with Crippen molar-refractivity contribution >= 4 is 33.2 Å². The van der Waals surface area contributed by atoms with Gasteiger partial charge in [0.1, 0.15) is 13.2 Å². The number of amides is 1. The van der Waals surface area contributed by atoms with Crippen LogP contribution in [0.4, 0.5) is 5.69 Å². The number of carbonyl (C=O) groups is 1. The lowest BCUT2D eigenvalue weighted by Gasteiger charge is -2.20. The van der Waals surface area contributed by atoms with Crippen LogP contribution in [0.3, 0.4) is 0 Å². The third-order valence-electron chi connectivity index (χ3n) is 3.67. The Balaban J connectivity index is 1.76. The van der Waals surface area contributed by atoms with E-state index in [1.54, 1.807) is 12.1 Å². The number of nitrogens with one attached hydrogen (secondary N) is 2. The van der Waals surface area contributed by atoms with Crippen molar-refractivity contribution in [2.45, 2.75) is 4.90 Å². The van der Waals surface area contributed by atoms with E-state index < -0.39 is 15.9 Å². The second-order valence-corrected chi connectivity index (χ2v) is 7.66. The van der Waals surface area contributed by atoms with Gasteiger partial charge in [-0.2, -0.15) is 4.72 Å². The number of terminal acetylenes is 1. The van der Waals surface area contributed by atoms with Crippen molar-refractivity contribution in [3.63, 3.8) is 0 Å². The Labute approximate surface area is 161 Å². The fourth-order valence-corrected chi connectivity index (χ4v) is 3.50. The van der Waals surface area contributed by atoms with Crippen LogP contribution in [0, 0.1) is 12.3 Å². The summed E-state index contributed by atoms with van der Waals surface area (Å²) in [6, 6.07) is 8.57.